The number of benzene rings is 3. The maximum atomic E-state index is 12.2. The van der Waals surface area contributed by atoms with Crippen LogP contribution < -0.4 is 32.7 Å². The van der Waals surface area contributed by atoms with E-state index in [-0.39, 0.29) is 11.9 Å². The van der Waals surface area contributed by atoms with Crippen LogP contribution in [0.2, 0.25) is 0 Å². The van der Waals surface area contributed by atoms with Crippen molar-refractivity contribution in [1.29, 1.82) is 0 Å². The van der Waals surface area contributed by atoms with Crippen LogP contribution in [0.4, 0.5) is 0 Å². The topological polar surface area (TPSA) is 84.1 Å². The number of rotatable bonds is 11. The van der Waals surface area contributed by atoms with Crippen LogP contribution in [0.15, 0.2) is 91.0 Å². The largest absolute Gasteiger partial charge is 0.356 e. The molecule has 0 bridgehead atoms. The molecule has 0 aliphatic rings. The molecule has 0 unspecified atom stereocenters. The minimum absolute atomic E-state index is 0.0262. The fourth-order valence-electron chi connectivity index (χ4n) is 4.07. The van der Waals surface area contributed by atoms with Gasteiger partial charge in [0.15, 0.2) is 0 Å². The van der Waals surface area contributed by atoms with Gasteiger partial charge < -0.3 is 5.32 Å². The molecule has 0 aliphatic heterocycles. The van der Waals surface area contributed by atoms with Crippen molar-refractivity contribution in [2.75, 3.05) is 26.3 Å². The maximum Gasteiger partial charge on any atom is 0.340 e. The van der Waals surface area contributed by atoms with Crippen molar-refractivity contribution >= 4 is 35.0 Å². The Hall–Kier alpha value is -3.17. The van der Waals surface area contributed by atoms with Crippen LogP contribution in [0.1, 0.15) is 19.3 Å². The molecule has 0 atom stereocenters. The van der Waals surface area contributed by atoms with E-state index in [0.29, 0.717) is 19.5 Å². The van der Waals surface area contributed by atoms with Crippen molar-refractivity contribution in [3.8, 4) is 0 Å². The monoisotopic (exact) mass is 462 g/mol. The number of guanidine groups is 1. The van der Waals surface area contributed by atoms with Crippen molar-refractivity contribution in [3.05, 3.63) is 91.0 Å². The van der Waals surface area contributed by atoms with E-state index in [0.717, 1.165) is 19.0 Å². The third kappa shape index (κ3) is 6.43. The Kier molecular flexibility index (Phi) is 9.03. The lowest BCUT2D eigenvalue weighted by Crippen LogP contribution is -2.36. The van der Waals surface area contributed by atoms with Gasteiger partial charge in [0.1, 0.15) is 23.2 Å². The second kappa shape index (κ2) is 12.2. The molecule has 5 nitrogen and oxygen atoms in total. The van der Waals surface area contributed by atoms with E-state index in [1.54, 1.807) is 11.6 Å². The summed E-state index contributed by atoms with van der Waals surface area (Å²) in [6.45, 7) is 1.18. The quantitative estimate of drug-likeness (QED) is 0.134. The van der Waals surface area contributed by atoms with Crippen LogP contribution in [0.25, 0.3) is 0 Å². The first-order valence-electron chi connectivity index (χ1n) is 11.4. The molecule has 172 valence electrons. The third-order valence-electron chi connectivity index (χ3n) is 5.95. The van der Waals surface area contributed by atoms with Gasteiger partial charge in [-0.3, -0.25) is 20.8 Å². The molecule has 3 rings (SSSR count). The summed E-state index contributed by atoms with van der Waals surface area (Å²) in [4.78, 5) is 12.2. The van der Waals surface area contributed by atoms with Gasteiger partial charge in [-0.25, -0.2) is 0 Å². The summed E-state index contributed by atoms with van der Waals surface area (Å²) in [6, 6.07) is 32.7. The summed E-state index contributed by atoms with van der Waals surface area (Å²) >= 11 is 0. The Morgan fingerprint density at radius 1 is 0.788 bits per heavy atom. The van der Waals surface area contributed by atoms with Crippen LogP contribution in [-0.2, 0) is 4.79 Å². The number of nitrogens with one attached hydrogen (secondary N) is 1. The number of hydrogen-bond donors (Lipinski definition) is 3. The van der Waals surface area contributed by atoms with Crippen LogP contribution >= 0.6 is 7.26 Å². The van der Waals surface area contributed by atoms with Gasteiger partial charge in [-0.15, -0.1) is 0 Å². The van der Waals surface area contributed by atoms with Crippen molar-refractivity contribution in [2.24, 2.45) is 11.5 Å². The van der Waals surface area contributed by atoms with Gasteiger partial charge >= 0.3 is 5.96 Å². The molecule has 0 spiro atoms. The summed E-state index contributed by atoms with van der Waals surface area (Å²) in [5, 5.41) is 7.22. The van der Waals surface area contributed by atoms with Crippen molar-refractivity contribution in [1.82, 2.24) is 5.32 Å². The number of carbonyl (C=O) groups is 1. The summed E-state index contributed by atoms with van der Waals surface area (Å²) in [5.41, 5.74) is 11.1. The Balaban J connectivity index is 1.74. The molecule has 0 saturated carbocycles. The van der Waals surface area contributed by atoms with E-state index in [2.05, 4.69) is 96.3 Å². The molecular weight excluding hydrogens is 427 g/mol. The molecule has 33 heavy (non-hydrogen) atoms. The fraction of sp³-hybridized carbons (Fsp3) is 0.259. The van der Waals surface area contributed by atoms with E-state index >= 15 is 0 Å². The molecule has 0 fully saturated rings. The SMILES string of the molecule is C[N+](CCC(=O)NCCCC[P+](c1ccccc1)(c1ccccc1)c1ccccc1)=C(N)N. The van der Waals surface area contributed by atoms with E-state index in [1.807, 2.05) is 0 Å². The van der Waals surface area contributed by atoms with Gasteiger partial charge in [-0.2, -0.15) is 0 Å². The van der Waals surface area contributed by atoms with Gasteiger partial charge in [0.25, 0.3) is 0 Å². The van der Waals surface area contributed by atoms with Gasteiger partial charge in [-0.05, 0) is 49.2 Å². The number of carbonyl (C=O) groups excluding carboxylic acids is 1. The van der Waals surface area contributed by atoms with E-state index in [9.17, 15) is 4.79 Å². The highest BCUT2D eigenvalue weighted by atomic mass is 31.2. The van der Waals surface area contributed by atoms with Gasteiger partial charge in [0, 0.05) is 6.54 Å². The molecule has 1 amide bonds. The molecule has 3 aromatic rings. The Bertz CT molecular complexity index is 939. The first-order valence-corrected chi connectivity index (χ1v) is 13.4. The molecule has 0 aliphatic carbocycles. The normalized spacial score (nSPS) is 11.1. The van der Waals surface area contributed by atoms with Crippen molar-refractivity contribution < 1.29 is 9.37 Å². The predicted molar refractivity (Wildman–Crippen MR) is 141 cm³/mol. The molecular formula is C27H35N4OP+2. The number of nitrogens with zero attached hydrogens (tertiary/aromatic N) is 1. The molecule has 0 radical (unpaired) electrons. The van der Waals surface area contributed by atoms with Gasteiger partial charge in [0.05, 0.1) is 26.2 Å². The lowest BCUT2D eigenvalue weighted by atomic mass is 10.3. The van der Waals surface area contributed by atoms with E-state index in [1.165, 1.54) is 15.9 Å². The zero-order valence-electron chi connectivity index (χ0n) is 19.4. The molecule has 0 heterocycles. The average Bonchev–Trinajstić information content (AvgIpc) is 2.86. The first-order chi connectivity index (χ1) is 16.0. The molecule has 0 aromatic heterocycles. The van der Waals surface area contributed by atoms with E-state index < -0.39 is 7.26 Å². The second-order valence-corrected chi connectivity index (χ2v) is 11.8. The summed E-state index contributed by atoms with van der Waals surface area (Å²) in [7, 11) is -0.0235. The smallest absolute Gasteiger partial charge is 0.340 e. The maximum absolute atomic E-state index is 12.2. The number of unbranched alkanes of at least 4 members (excludes halogenated alkanes) is 1. The summed E-state index contributed by atoms with van der Waals surface area (Å²) in [6.07, 6.45) is 3.39. The van der Waals surface area contributed by atoms with E-state index in [4.69, 9.17) is 11.5 Å². The van der Waals surface area contributed by atoms with Gasteiger partial charge in [0.2, 0.25) is 5.91 Å². The highest BCUT2D eigenvalue weighted by Crippen LogP contribution is 2.55. The molecule has 5 N–H and O–H groups in total. The lowest BCUT2D eigenvalue weighted by molar-refractivity contribution is -0.497. The first kappa shape index (κ1) is 24.5. The van der Waals surface area contributed by atoms with Crippen LogP contribution in [0.5, 0.6) is 0 Å². The molecule has 0 saturated heterocycles. The third-order valence-corrected chi connectivity index (χ3v) is 10.5. The predicted octanol–water partition coefficient (Wildman–Crippen LogP) is 2.18. The highest BCUT2D eigenvalue weighted by Gasteiger charge is 2.44. The Morgan fingerprint density at radius 2 is 1.24 bits per heavy atom. The zero-order chi connectivity index (χ0) is 23.5. The molecule has 6 heteroatoms. The van der Waals surface area contributed by atoms with Crippen LogP contribution in [0, 0.1) is 0 Å². The zero-order valence-corrected chi connectivity index (χ0v) is 20.3. The molecule has 3 aromatic carbocycles. The van der Waals surface area contributed by atoms with Crippen molar-refractivity contribution in [3.63, 3.8) is 0 Å². The standard InChI is InChI=1S/C27H33N4OP/c1-31(27(28)29)21-19-26(32)30-20-11-12-22-33(23-13-5-2-6-14-23,24-15-7-3-8-16-24)25-17-9-4-10-18-25/h2-10,13-18H,11-12,19-22H2,1H3,(H3-,28,29,30,32)/p+2. The van der Waals surface area contributed by atoms with Crippen molar-refractivity contribution in [2.45, 2.75) is 19.3 Å². The Morgan fingerprint density at radius 3 is 1.67 bits per heavy atom. The average molecular weight is 463 g/mol. The second-order valence-electron chi connectivity index (χ2n) is 8.19. The fourth-order valence-corrected chi connectivity index (χ4v) is 8.48. The lowest BCUT2D eigenvalue weighted by Gasteiger charge is -2.27. The number of nitrogens with two attached hydrogens (primary N) is 2. The Labute approximate surface area is 197 Å². The highest BCUT2D eigenvalue weighted by molar-refractivity contribution is 7.95. The van der Waals surface area contributed by atoms with Crippen LogP contribution in [0.3, 0.4) is 0 Å². The minimum atomic E-state index is -1.80. The van der Waals surface area contributed by atoms with Gasteiger partial charge in [-0.1, -0.05) is 54.6 Å². The minimum Gasteiger partial charge on any atom is -0.356 e. The van der Waals surface area contributed by atoms with Crippen LogP contribution in [-0.4, -0.2) is 42.7 Å². The summed E-state index contributed by atoms with van der Waals surface area (Å²) in [5.74, 6) is 0.254. The summed E-state index contributed by atoms with van der Waals surface area (Å²) < 4.78 is 1.68. The number of hydrogen-bond acceptors (Lipinski definition) is 1. The number of amides is 1.